The molecule has 1 rings (SSSR count). The Morgan fingerprint density at radius 1 is 1.29 bits per heavy atom. The van der Waals surface area contributed by atoms with Crippen molar-refractivity contribution in [1.82, 2.24) is 0 Å². The first kappa shape index (κ1) is 10.8. The molecular weight excluding hydrogens is 174 g/mol. The fourth-order valence-corrected chi connectivity index (χ4v) is 1.33. The third kappa shape index (κ3) is 2.60. The molecule has 0 bridgehead atoms. The Hall–Kier alpha value is -1.28. The van der Waals surface area contributed by atoms with Gasteiger partial charge >= 0.3 is 0 Å². The van der Waals surface area contributed by atoms with Crippen molar-refractivity contribution in [2.75, 3.05) is 12.3 Å². The van der Waals surface area contributed by atoms with Crippen LogP contribution in [0.15, 0.2) is 18.2 Å². The van der Waals surface area contributed by atoms with E-state index in [1.807, 2.05) is 32.1 Å². The second kappa shape index (κ2) is 4.82. The van der Waals surface area contributed by atoms with E-state index in [4.69, 9.17) is 10.8 Å². The van der Waals surface area contributed by atoms with E-state index in [0.717, 1.165) is 11.3 Å². The van der Waals surface area contributed by atoms with Crippen LogP contribution in [0.1, 0.15) is 23.1 Å². The van der Waals surface area contributed by atoms with Gasteiger partial charge in [0.05, 0.1) is 0 Å². The molecule has 0 amide bonds. The lowest BCUT2D eigenvalue weighted by Crippen LogP contribution is -1.92. The van der Waals surface area contributed by atoms with Gasteiger partial charge in [-0.15, -0.1) is 0 Å². The van der Waals surface area contributed by atoms with Crippen LogP contribution in [0.2, 0.25) is 0 Å². The van der Waals surface area contributed by atoms with Crippen molar-refractivity contribution in [2.24, 2.45) is 0 Å². The van der Waals surface area contributed by atoms with E-state index in [1.165, 1.54) is 11.1 Å². The van der Waals surface area contributed by atoms with Crippen LogP contribution in [0.4, 0.5) is 5.69 Å². The highest BCUT2D eigenvalue weighted by atomic mass is 16.2. The van der Waals surface area contributed by atoms with Crippen molar-refractivity contribution in [1.29, 1.82) is 0 Å². The topological polar surface area (TPSA) is 46.2 Å². The third-order valence-corrected chi connectivity index (χ3v) is 2.25. The largest absolute Gasteiger partial charge is 0.399 e. The van der Waals surface area contributed by atoms with Crippen LogP contribution >= 0.6 is 0 Å². The average Bonchev–Trinajstić information content (AvgIpc) is 2.14. The molecule has 0 fully saturated rings. The lowest BCUT2D eigenvalue weighted by atomic mass is 10.0. The average molecular weight is 191 g/mol. The molecule has 0 saturated carbocycles. The van der Waals surface area contributed by atoms with Gasteiger partial charge in [-0.25, -0.2) is 0 Å². The highest BCUT2D eigenvalue weighted by Crippen LogP contribution is 2.18. The first-order chi connectivity index (χ1) is 6.65. The molecule has 1 aromatic rings. The third-order valence-electron chi connectivity index (χ3n) is 2.25. The van der Waals surface area contributed by atoms with Gasteiger partial charge in [0.2, 0.25) is 0 Å². The van der Waals surface area contributed by atoms with E-state index < -0.39 is 0 Å². The fraction of sp³-hybridized carbons (Fsp3) is 0.333. The van der Waals surface area contributed by atoms with Gasteiger partial charge < -0.3 is 10.8 Å². The second-order valence-electron chi connectivity index (χ2n) is 3.48. The Balaban J connectivity index is 2.92. The van der Waals surface area contributed by atoms with Crippen molar-refractivity contribution in [3.63, 3.8) is 0 Å². The summed E-state index contributed by atoms with van der Waals surface area (Å²) in [6, 6.07) is 4.05. The molecule has 0 atom stereocenters. The summed E-state index contributed by atoms with van der Waals surface area (Å²) in [6.07, 6.45) is 4.69. The van der Waals surface area contributed by atoms with Gasteiger partial charge in [0.15, 0.2) is 0 Å². The van der Waals surface area contributed by atoms with Gasteiger partial charge in [0, 0.05) is 12.3 Å². The van der Waals surface area contributed by atoms with Crippen molar-refractivity contribution in [2.45, 2.75) is 20.3 Å². The molecule has 0 unspecified atom stereocenters. The molecule has 14 heavy (non-hydrogen) atoms. The summed E-state index contributed by atoms with van der Waals surface area (Å²) in [5, 5.41) is 8.64. The monoisotopic (exact) mass is 191 g/mol. The minimum Gasteiger partial charge on any atom is -0.399 e. The number of hydrogen-bond acceptors (Lipinski definition) is 2. The number of aliphatic hydroxyl groups is 1. The van der Waals surface area contributed by atoms with Crippen molar-refractivity contribution < 1.29 is 5.11 Å². The Morgan fingerprint density at radius 3 is 2.64 bits per heavy atom. The highest BCUT2D eigenvalue weighted by molar-refractivity contribution is 5.61. The first-order valence-electron chi connectivity index (χ1n) is 4.79. The van der Waals surface area contributed by atoms with Crippen LogP contribution in [-0.2, 0) is 0 Å². The number of anilines is 1. The smallest absolute Gasteiger partial charge is 0.0465 e. The molecular formula is C12H17NO. The van der Waals surface area contributed by atoms with Crippen LogP contribution in [-0.4, -0.2) is 11.7 Å². The molecule has 0 aliphatic heterocycles. The normalized spacial score (nSPS) is 11.1. The molecule has 2 heteroatoms. The standard InChI is InChI=1S/C12H17NO/c1-9-8-12(13)10(2)7-11(9)5-3-4-6-14/h3,5,7-8,14H,4,6,13H2,1-2H3. The van der Waals surface area contributed by atoms with E-state index in [9.17, 15) is 0 Å². The van der Waals surface area contributed by atoms with Crippen LogP contribution in [0.5, 0.6) is 0 Å². The van der Waals surface area contributed by atoms with Crippen LogP contribution in [0, 0.1) is 13.8 Å². The van der Waals surface area contributed by atoms with Gasteiger partial charge in [0.25, 0.3) is 0 Å². The molecule has 0 aliphatic rings. The van der Waals surface area contributed by atoms with E-state index in [1.54, 1.807) is 0 Å². The maximum atomic E-state index is 8.64. The van der Waals surface area contributed by atoms with Gasteiger partial charge in [-0.1, -0.05) is 12.2 Å². The van der Waals surface area contributed by atoms with Gasteiger partial charge in [-0.05, 0) is 49.1 Å². The number of nitrogen functional groups attached to an aromatic ring is 1. The van der Waals surface area contributed by atoms with E-state index in [-0.39, 0.29) is 6.61 Å². The zero-order valence-electron chi connectivity index (χ0n) is 8.75. The fourth-order valence-electron chi connectivity index (χ4n) is 1.33. The number of hydrogen-bond donors (Lipinski definition) is 2. The Morgan fingerprint density at radius 2 is 2.00 bits per heavy atom. The molecule has 3 N–H and O–H groups in total. The molecule has 0 aromatic heterocycles. The quantitative estimate of drug-likeness (QED) is 0.720. The minimum atomic E-state index is 0.198. The summed E-state index contributed by atoms with van der Waals surface area (Å²) in [6.45, 7) is 4.23. The maximum Gasteiger partial charge on any atom is 0.0465 e. The van der Waals surface area contributed by atoms with E-state index in [2.05, 4.69) is 6.07 Å². The Bertz CT molecular complexity index is 342. The van der Waals surface area contributed by atoms with E-state index in [0.29, 0.717) is 6.42 Å². The summed E-state index contributed by atoms with van der Waals surface area (Å²) in [5.41, 5.74) is 10.1. The zero-order valence-corrected chi connectivity index (χ0v) is 8.75. The number of rotatable bonds is 3. The minimum absolute atomic E-state index is 0.198. The van der Waals surface area contributed by atoms with Gasteiger partial charge in [-0.2, -0.15) is 0 Å². The van der Waals surface area contributed by atoms with Crippen molar-refractivity contribution >= 4 is 11.8 Å². The molecule has 0 spiro atoms. The summed E-state index contributed by atoms with van der Waals surface area (Å²) in [5.74, 6) is 0. The van der Waals surface area contributed by atoms with E-state index >= 15 is 0 Å². The lowest BCUT2D eigenvalue weighted by molar-refractivity contribution is 0.303. The molecule has 0 heterocycles. The lowest BCUT2D eigenvalue weighted by Gasteiger charge is -2.05. The maximum absolute atomic E-state index is 8.64. The van der Waals surface area contributed by atoms with Crippen molar-refractivity contribution in [3.8, 4) is 0 Å². The number of benzene rings is 1. The molecule has 0 saturated heterocycles. The molecule has 0 aliphatic carbocycles. The molecule has 2 nitrogen and oxygen atoms in total. The zero-order chi connectivity index (χ0) is 10.6. The highest BCUT2D eigenvalue weighted by Gasteiger charge is 1.98. The van der Waals surface area contributed by atoms with Gasteiger partial charge in [-0.3, -0.25) is 0 Å². The summed E-state index contributed by atoms with van der Waals surface area (Å²) in [7, 11) is 0. The Labute approximate surface area is 85.1 Å². The molecule has 0 radical (unpaired) electrons. The van der Waals surface area contributed by atoms with Crippen LogP contribution < -0.4 is 5.73 Å². The predicted octanol–water partition coefficient (Wildman–Crippen LogP) is 2.28. The number of nitrogens with two attached hydrogens (primary N) is 1. The summed E-state index contributed by atoms with van der Waals surface area (Å²) in [4.78, 5) is 0. The predicted molar refractivity (Wildman–Crippen MR) is 61.1 cm³/mol. The summed E-state index contributed by atoms with van der Waals surface area (Å²) < 4.78 is 0. The van der Waals surface area contributed by atoms with Crippen molar-refractivity contribution in [3.05, 3.63) is 34.9 Å². The summed E-state index contributed by atoms with van der Waals surface area (Å²) >= 11 is 0. The molecule has 76 valence electrons. The number of aryl methyl sites for hydroxylation is 2. The molecule has 1 aromatic carbocycles. The second-order valence-corrected chi connectivity index (χ2v) is 3.48. The SMILES string of the molecule is Cc1cc(C=CCCO)c(C)cc1N. The first-order valence-corrected chi connectivity index (χ1v) is 4.79. The van der Waals surface area contributed by atoms with Gasteiger partial charge in [0.1, 0.15) is 0 Å². The number of aliphatic hydroxyl groups excluding tert-OH is 1. The van der Waals surface area contributed by atoms with Crippen LogP contribution in [0.3, 0.4) is 0 Å². The Kier molecular flexibility index (Phi) is 3.72. The van der Waals surface area contributed by atoms with Crippen LogP contribution in [0.25, 0.3) is 6.08 Å².